The number of hydrogen-bond acceptors (Lipinski definition) is 5. The minimum absolute atomic E-state index is 0.104. The van der Waals surface area contributed by atoms with Crippen LogP contribution in [-0.4, -0.2) is 34.5 Å². The number of amides is 3. The van der Waals surface area contributed by atoms with Gasteiger partial charge >= 0.3 is 6.09 Å². The predicted molar refractivity (Wildman–Crippen MR) is 102 cm³/mol. The molecule has 3 rings (SSSR count). The first-order chi connectivity index (χ1) is 13.1. The van der Waals surface area contributed by atoms with E-state index in [0.29, 0.717) is 5.56 Å². The molecule has 3 N–H and O–H groups in total. The number of aromatic nitrogens is 1. The summed E-state index contributed by atoms with van der Waals surface area (Å²) in [6, 6.07) is 3.51. The van der Waals surface area contributed by atoms with Gasteiger partial charge < -0.3 is 10.1 Å². The maximum absolute atomic E-state index is 12.2. The number of hydrogen-bond donors (Lipinski definition) is 3. The Morgan fingerprint density at radius 1 is 1.11 bits per heavy atom. The SMILES string of the molecule is Cc1ccc(C(=O)NNC(=O)C2CC3(CC(NC(=O)OC(C)(C)C)C3)C2)cn1. The Morgan fingerprint density at radius 2 is 1.79 bits per heavy atom. The van der Waals surface area contributed by atoms with E-state index in [9.17, 15) is 14.4 Å². The van der Waals surface area contributed by atoms with Gasteiger partial charge in [0.15, 0.2) is 0 Å². The third-order valence-corrected chi connectivity index (χ3v) is 5.28. The molecule has 8 nitrogen and oxygen atoms in total. The zero-order valence-electron chi connectivity index (χ0n) is 16.8. The van der Waals surface area contributed by atoms with Crippen molar-refractivity contribution in [3.05, 3.63) is 29.6 Å². The molecule has 3 amide bonds. The van der Waals surface area contributed by atoms with Gasteiger partial charge in [0, 0.05) is 23.9 Å². The van der Waals surface area contributed by atoms with Crippen LogP contribution in [0.5, 0.6) is 0 Å². The summed E-state index contributed by atoms with van der Waals surface area (Å²) >= 11 is 0. The van der Waals surface area contributed by atoms with E-state index in [1.54, 1.807) is 12.1 Å². The fourth-order valence-corrected chi connectivity index (χ4v) is 3.96. The number of nitrogens with one attached hydrogen (secondary N) is 3. The second-order valence-corrected chi connectivity index (χ2v) is 8.99. The fourth-order valence-electron chi connectivity index (χ4n) is 3.96. The standard InChI is InChI=1S/C20H28N4O4/c1-12-5-6-13(11-21-12)16(25)23-24-17(26)14-7-20(8-14)9-15(10-20)22-18(27)28-19(2,3)4/h5-6,11,14-15H,7-10H2,1-4H3,(H,22,27)(H,23,25)(H,24,26). The highest BCUT2D eigenvalue weighted by atomic mass is 16.6. The van der Waals surface area contributed by atoms with Crippen LogP contribution < -0.4 is 16.2 Å². The zero-order valence-corrected chi connectivity index (χ0v) is 16.8. The summed E-state index contributed by atoms with van der Waals surface area (Å²) in [5, 5.41) is 2.88. The Morgan fingerprint density at radius 3 is 2.36 bits per heavy atom. The Hall–Kier alpha value is -2.64. The van der Waals surface area contributed by atoms with Crippen molar-refractivity contribution in [2.45, 2.75) is 65.0 Å². The van der Waals surface area contributed by atoms with E-state index >= 15 is 0 Å². The normalized spacial score (nSPS) is 25.9. The summed E-state index contributed by atoms with van der Waals surface area (Å²) in [6.45, 7) is 7.33. The molecule has 0 radical (unpaired) electrons. The summed E-state index contributed by atoms with van der Waals surface area (Å²) in [5.74, 6) is -0.679. The van der Waals surface area contributed by atoms with Crippen molar-refractivity contribution in [3.63, 3.8) is 0 Å². The Balaban J connectivity index is 1.35. The van der Waals surface area contributed by atoms with Crippen molar-refractivity contribution in [2.24, 2.45) is 11.3 Å². The average molecular weight is 388 g/mol. The minimum Gasteiger partial charge on any atom is -0.444 e. The molecular weight excluding hydrogens is 360 g/mol. The van der Waals surface area contributed by atoms with Gasteiger partial charge in [-0.1, -0.05) is 0 Å². The number of rotatable bonds is 3. The van der Waals surface area contributed by atoms with Crippen molar-refractivity contribution < 1.29 is 19.1 Å². The maximum atomic E-state index is 12.2. The molecule has 28 heavy (non-hydrogen) atoms. The third kappa shape index (κ3) is 4.79. The minimum atomic E-state index is -0.510. The Bertz CT molecular complexity index is 755. The lowest BCUT2D eigenvalue weighted by Crippen LogP contribution is -2.59. The van der Waals surface area contributed by atoms with Gasteiger partial charge in [-0.15, -0.1) is 0 Å². The summed E-state index contributed by atoms with van der Waals surface area (Å²) < 4.78 is 5.26. The molecule has 2 fully saturated rings. The highest BCUT2D eigenvalue weighted by Crippen LogP contribution is 2.58. The van der Waals surface area contributed by atoms with Crippen molar-refractivity contribution in [1.82, 2.24) is 21.2 Å². The van der Waals surface area contributed by atoms with Crippen molar-refractivity contribution in [2.75, 3.05) is 0 Å². The predicted octanol–water partition coefficient (Wildman–Crippen LogP) is 2.23. The molecule has 0 aliphatic heterocycles. The third-order valence-electron chi connectivity index (χ3n) is 5.28. The molecule has 152 valence electrons. The molecule has 8 heteroatoms. The van der Waals surface area contributed by atoms with Crippen LogP contribution >= 0.6 is 0 Å². The number of alkyl carbamates (subject to hydrolysis) is 1. The van der Waals surface area contributed by atoms with Crippen LogP contribution in [0.1, 0.15) is 62.5 Å². The molecule has 0 bridgehead atoms. The molecule has 1 aromatic heterocycles. The molecule has 0 saturated heterocycles. The second kappa shape index (κ2) is 7.41. The van der Waals surface area contributed by atoms with Crippen LogP contribution in [0.2, 0.25) is 0 Å². The van der Waals surface area contributed by atoms with Crippen molar-refractivity contribution >= 4 is 17.9 Å². The molecule has 2 aliphatic rings. The van der Waals surface area contributed by atoms with Crippen molar-refractivity contribution in [1.29, 1.82) is 0 Å². The summed E-state index contributed by atoms with van der Waals surface area (Å²) in [7, 11) is 0. The lowest BCUT2D eigenvalue weighted by molar-refractivity contribution is -0.139. The fraction of sp³-hybridized carbons (Fsp3) is 0.600. The lowest BCUT2D eigenvalue weighted by atomic mass is 9.50. The lowest BCUT2D eigenvalue weighted by Gasteiger charge is -2.57. The molecule has 0 atom stereocenters. The molecule has 2 aliphatic carbocycles. The van der Waals surface area contributed by atoms with Gasteiger partial charge in [-0.05, 0) is 70.9 Å². The van der Waals surface area contributed by atoms with Crippen LogP contribution in [0.25, 0.3) is 0 Å². The number of carbonyl (C=O) groups excluding carboxylic acids is 3. The van der Waals surface area contributed by atoms with Crippen LogP contribution in [0.4, 0.5) is 4.79 Å². The van der Waals surface area contributed by atoms with Crippen LogP contribution in [-0.2, 0) is 9.53 Å². The first-order valence-corrected chi connectivity index (χ1v) is 9.58. The largest absolute Gasteiger partial charge is 0.444 e. The van der Waals surface area contributed by atoms with Crippen LogP contribution in [0.3, 0.4) is 0 Å². The molecular formula is C20H28N4O4. The first-order valence-electron chi connectivity index (χ1n) is 9.58. The Labute approximate surface area is 164 Å². The van der Waals surface area contributed by atoms with Crippen LogP contribution in [0.15, 0.2) is 18.3 Å². The zero-order chi connectivity index (χ0) is 20.5. The van der Waals surface area contributed by atoms with E-state index < -0.39 is 11.7 Å². The van der Waals surface area contributed by atoms with E-state index in [-0.39, 0.29) is 29.2 Å². The van der Waals surface area contributed by atoms with Gasteiger partial charge in [-0.25, -0.2) is 4.79 Å². The van der Waals surface area contributed by atoms with Gasteiger partial charge in [-0.2, -0.15) is 0 Å². The van der Waals surface area contributed by atoms with E-state index in [4.69, 9.17) is 4.74 Å². The molecule has 1 aromatic rings. The highest BCUT2D eigenvalue weighted by molar-refractivity contribution is 5.95. The number of carbonyl (C=O) groups is 3. The highest BCUT2D eigenvalue weighted by Gasteiger charge is 2.55. The van der Waals surface area contributed by atoms with E-state index in [1.807, 2.05) is 27.7 Å². The molecule has 1 heterocycles. The summed E-state index contributed by atoms with van der Waals surface area (Å²) in [5.41, 5.74) is 5.77. The number of pyridine rings is 1. The molecule has 0 aromatic carbocycles. The number of ether oxygens (including phenoxy) is 1. The smallest absolute Gasteiger partial charge is 0.407 e. The number of aryl methyl sites for hydroxylation is 1. The summed E-state index contributed by atoms with van der Waals surface area (Å²) in [6.07, 6.45) is 4.34. The number of hydrazine groups is 1. The molecule has 1 spiro atoms. The monoisotopic (exact) mass is 388 g/mol. The van der Waals surface area contributed by atoms with E-state index in [2.05, 4.69) is 21.2 Å². The van der Waals surface area contributed by atoms with Gasteiger partial charge in [0.05, 0.1) is 5.56 Å². The average Bonchev–Trinajstić information content (AvgIpc) is 2.52. The summed E-state index contributed by atoms with van der Waals surface area (Å²) in [4.78, 5) is 40.1. The van der Waals surface area contributed by atoms with Gasteiger partial charge in [0.1, 0.15) is 5.60 Å². The first kappa shape index (κ1) is 20.1. The van der Waals surface area contributed by atoms with Crippen LogP contribution in [0, 0.1) is 18.3 Å². The van der Waals surface area contributed by atoms with E-state index in [0.717, 1.165) is 31.4 Å². The second-order valence-electron chi connectivity index (χ2n) is 8.99. The topological polar surface area (TPSA) is 109 Å². The molecule has 0 unspecified atom stereocenters. The van der Waals surface area contributed by atoms with E-state index in [1.165, 1.54) is 6.20 Å². The maximum Gasteiger partial charge on any atom is 0.407 e. The van der Waals surface area contributed by atoms with Gasteiger partial charge in [0.25, 0.3) is 5.91 Å². The Kier molecular flexibility index (Phi) is 5.32. The number of nitrogens with zero attached hydrogens (tertiary/aromatic N) is 1. The quantitative estimate of drug-likeness (QED) is 0.688. The van der Waals surface area contributed by atoms with Gasteiger partial charge in [0.2, 0.25) is 5.91 Å². The van der Waals surface area contributed by atoms with Crippen molar-refractivity contribution in [3.8, 4) is 0 Å². The van der Waals surface area contributed by atoms with Gasteiger partial charge in [-0.3, -0.25) is 25.4 Å². The molecule has 2 saturated carbocycles.